The van der Waals surface area contributed by atoms with Crippen molar-refractivity contribution in [3.63, 3.8) is 0 Å². The van der Waals surface area contributed by atoms with E-state index < -0.39 is 0 Å². The van der Waals surface area contributed by atoms with Gasteiger partial charge in [-0.15, -0.1) is 0 Å². The largest absolute Gasteiger partial charge is 0.497 e. The van der Waals surface area contributed by atoms with Crippen LogP contribution in [0, 0.1) is 0 Å². The van der Waals surface area contributed by atoms with Crippen LogP contribution in [0.5, 0.6) is 5.75 Å². The minimum Gasteiger partial charge on any atom is -0.497 e. The lowest BCUT2D eigenvalue weighted by atomic mass is 10.1. The zero-order valence-electron chi connectivity index (χ0n) is 14.2. The molecule has 0 aliphatic rings. The molecule has 2 aromatic carbocycles. The first-order chi connectivity index (χ1) is 12.2. The van der Waals surface area contributed by atoms with Gasteiger partial charge in [0, 0.05) is 18.9 Å². The molecular weight excluding hydrogens is 314 g/mol. The molecule has 3 rings (SSSR count). The SMILES string of the molecule is COc1ccc(CC(=O)NCc2ccccc2Cn2cccn2)cc1. The highest BCUT2D eigenvalue weighted by atomic mass is 16.5. The van der Waals surface area contributed by atoms with Crippen LogP contribution < -0.4 is 10.1 Å². The summed E-state index contributed by atoms with van der Waals surface area (Å²) in [5.41, 5.74) is 3.21. The van der Waals surface area contributed by atoms with E-state index in [0.717, 1.165) is 22.4 Å². The zero-order valence-corrected chi connectivity index (χ0v) is 14.2. The van der Waals surface area contributed by atoms with Gasteiger partial charge in [0.1, 0.15) is 5.75 Å². The number of methoxy groups -OCH3 is 1. The lowest BCUT2D eigenvalue weighted by molar-refractivity contribution is -0.120. The van der Waals surface area contributed by atoms with Gasteiger partial charge in [0.05, 0.1) is 20.1 Å². The van der Waals surface area contributed by atoms with E-state index in [4.69, 9.17) is 4.74 Å². The maximum atomic E-state index is 12.2. The number of benzene rings is 2. The summed E-state index contributed by atoms with van der Waals surface area (Å²) in [6.45, 7) is 1.20. The fraction of sp³-hybridized carbons (Fsp3) is 0.200. The Kier molecular flexibility index (Phi) is 5.46. The first-order valence-electron chi connectivity index (χ1n) is 8.18. The number of hydrogen-bond acceptors (Lipinski definition) is 3. The third-order valence-electron chi connectivity index (χ3n) is 4.01. The molecule has 1 amide bonds. The van der Waals surface area contributed by atoms with Gasteiger partial charge in [-0.25, -0.2) is 0 Å². The number of ether oxygens (including phenoxy) is 1. The third kappa shape index (κ3) is 4.70. The van der Waals surface area contributed by atoms with Crippen LogP contribution in [0.3, 0.4) is 0 Å². The Morgan fingerprint density at radius 3 is 2.52 bits per heavy atom. The molecule has 5 nitrogen and oxygen atoms in total. The Morgan fingerprint density at radius 2 is 1.84 bits per heavy atom. The summed E-state index contributed by atoms with van der Waals surface area (Å²) in [6, 6.07) is 17.5. The fourth-order valence-electron chi connectivity index (χ4n) is 2.64. The predicted octanol–water partition coefficient (Wildman–Crippen LogP) is 2.80. The molecule has 0 unspecified atom stereocenters. The van der Waals surface area contributed by atoms with Crippen molar-refractivity contribution in [3.05, 3.63) is 83.7 Å². The number of aromatic nitrogens is 2. The number of carbonyl (C=O) groups excluding carboxylic acids is 1. The van der Waals surface area contributed by atoms with Gasteiger partial charge in [-0.05, 0) is 34.9 Å². The minimum atomic E-state index is -0.000871. The Hall–Kier alpha value is -3.08. The molecule has 25 heavy (non-hydrogen) atoms. The topological polar surface area (TPSA) is 56.1 Å². The van der Waals surface area contributed by atoms with E-state index in [2.05, 4.69) is 16.5 Å². The second kappa shape index (κ2) is 8.15. The van der Waals surface area contributed by atoms with E-state index in [-0.39, 0.29) is 5.91 Å². The fourth-order valence-corrected chi connectivity index (χ4v) is 2.64. The summed E-state index contributed by atoms with van der Waals surface area (Å²) in [4.78, 5) is 12.2. The standard InChI is InChI=1S/C20H21N3O2/c1-25-19-9-7-16(8-10-19)13-20(24)21-14-17-5-2-3-6-18(17)15-23-12-4-11-22-23/h2-12H,13-15H2,1H3,(H,21,24). The summed E-state index contributed by atoms with van der Waals surface area (Å²) in [5.74, 6) is 0.788. The zero-order chi connectivity index (χ0) is 17.5. The van der Waals surface area contributed by atoms with Gasteiger partial charge >= 0.3 is 0 Å². The number of rotatable bonds is 7. The van der Waals surface area contributed by atoms with E-state index in [1.54, 1.807) is 13.3 Å². The molecule has 5 heteroatoms. The van der Waals surface area contributed by atoms with Crippen LogP contribution >= 0.6 is 0 Å². The molecule has 128 valence electrons. The van der Waals surface area contributed by atoms with Gasteiger partial charge < -0.3 is 10.1 Å². The lowest BCUT2D eigenvalue weighted by Gasteiger charge is -2.11. The molecule has 0 saturated carbocycles. The molecule has 0 atom stereocenters. The normalized spacial score (nSPS) is 10.4. The maximum absolute atomic E-state index is 12.2. The first kappa shape index (κ1) is 16.8. The second-order valence-electron chi connectivity index (χ2n) is 5.77. The third-order valence-corrected chi connectivity index (χ3v) is 4.01. The second-order valence-corrected chi connectivity index (χ2v) is 5.77. The summed E-state index contributed by atoms with van der Waals surface area (Å²) in [7, 11) is 1.63. The molecule has 0 aliphatic carbocycles. The van der Waals surface area contributed by atoms with E-state index >= 15 is 0 Å². The first-order valence-corrected chi connectivity index (χ1v) is 8.18. The van der Waals surface area contributed by atoms with E-state index in [1.165, 1.54) is 0 Å². The molecular formula is C20H21N3O2. The molecule has 0 radical (unpaired) electrons. The molecule has 0 spiro atoms. The molecule has 0 fully saturated rings. The highest BCUT2D eigenvalue weighted by Crippen LogP contribution is 2.13. The van der Waals surface area contributed by atoms with Crippen LogP contribution in [-0.4, -0.2) is 22.8 Å². The highest BCUT2D eigenvalue weighted by molar-refractivity contribution is 5.78. The Bertz CT molecular complexity index is 811. The van der Waals surface area contributed by atoms with Crippen molar-refractivity contribution in [2.75, 3.05) is 7.11 Å². The lowest BCUT2D eigenvalue weighted by Crippen LogP contribution is -2.25. The van der Waals surface area contributed by atoms with E-state index in [1.807, 2.05) is 59.4 Å². The number of carbonyl (C=O) groups is 1. The van der Waals surface area contributed by atoms with Crippen molar-refractivity contribution in [1.29, 1.82) is 0 Å². The molecule has 0 bridgehead atoms. The Balaban J connectivity index is 1.58. The molecule has 0 aliphatic heterocycles. The molecule has 0 saturated heterocycles. The monoisotopic (exact) mass is 335 g/mol. The van der Waals surface area contributed by atoms with Crippen LogP contribution in [0.25, 0.3) is 0 Å². The summed E-state index contributed by atoms with van der Waals surface area (Å²) >= 11 is 0. The average Bonchev–Trinajstić information content (AvgIpc) is 3.15. The van der Waals surface area contributed by atoms with Crippen LogP contribution in [-0.2, 0) is 24.3 Å². The van der Waals surface area contributed by atoms with Crippen molar-refractivity contribution in [1.82, 2.24) is 15.1 Å². The van der Waals surface area contributed by atoms with Crippen LogP contribution in [0.2, 0.25) is 0 Å². The van der Waals surface area contributed by atoms with Crippen LogP contribution in [0.1, 0.15) is 16.7 Å². The van der Waals surface area contributed by atoms with Crippen molar-refractivity contribution < 1.29 is 9.53 Å². The van der Waals surface area contributed by atoms with Crippen LogP contribution in [0.15, 0.2) is 67.0 Å². The average molecular weight is 335 g/mol. The maximum Gasteiger partial charge on any atom is 0.224 e. The van der Waals surface area contributed by atoms with E-state index in [0.29, 0.717) is 19.5 Å². The number of amides is 1. The van der Waals surface area contributed by atoms with Gasteiger partial charge in [-0.1, -0.05) is 36.4 Å². The molecule has 3 aromatic rings. The van der Waals surface area contributed by atoms with Gasteiger partial charge in [0.2, 0.25) is 5.91 Å². The van der Waals surface area contributed by atoms with Gasteiger partial charge in [-0.3, -0.25) is 9.48 Å². The van der Waals surface area contributed by atoms with Gasteiger partial charge in [0.15, 0.2) is 0 Å². The van der Waals surface area contributed by atoms with E-state index in [9.17, 15) is 4.79 Å². The van der Waals surface area contributed by atoms with Crippen molar-refractivity contribution in [3.8, 4) is 5.75 Å². The molecule has 1 N–H and O–H groups in total. The van der Waals surface area contributed by atoms with Gasteiger partial charge in [-0.2, -0.15) is 5.10 Å². The number of nitrogens with one attached hydrogen (secondary N) is 1. The van der Waals surface area contributed by atoms with Crippen molar-refractivity contribution in [2.45, 2.75) is 19.5 Å². The number of hydrogen-bond donors (Lipinski definition) is 1. The summed E-state index contributed by atoms with van der Waals surface area (Å²) < 4.78 is 7.00. The predicted molar refractivity (Wildman–Crippen MR) is 96.3 cm³/mol. The van der Waals surface area contributed by atoms with Crippen molar-refractivity contribution >= 4 is 5.91 Å². The highest BCUT2D eigenvalue weighted by Gasteiger charge is 2.07. The van der Waals surface area contributed by atoms with Crippen LogP contribution in [0.4, 0.5) is 0 Å². The Morgan fingerprint density at radius 1 is 1.08 bits per heavy atom. The number of nitrogens with zero attached hydrogens (tertiary/aromatic N) is 2. The Labute approximate surface area is 147 Å². The molecule has 1 heterocycles. The smallest absolute Gasteiger partial charge is 0.224 e. The summed E-state index contributed by atoms with van der Waals surface area (Å²) in [6.07, 6.45) is 4.05. The minimum absolute atomic E-state index is 0.000871. The van der Waals surface area contributed by atoms with Gasteiger partial charge in [0.25, 0.3) is 0 Å². The van der Waals surface area contributed by atoms with Crippen molar-refractivity contribution in [2.24, 2.45) is 0 Å². The molecule has 1 aromatic heterocycles. The quantitative estimate of drug-likeness (QED) is 0.722. The summed E-state index contributed by atoms with van der Waals surface area (Å²) in [5, 5.41) is 7.23.